The Bertz CT molecular complexity index is 660. The van der Waals surface area contributed by atoms with E-state index in [4.69, 9.17) is 14.2 Å². The Labute approximate surface area is 136 Å². The Morgan fingerprint density at radius 3 is 2.70 bits per heavy atom. The van der Waals surface area contributed by atoms with Crippen molar-refractivity contribution in [3.05, 3.63) is 59.7 Å². The summed E-state index contributed by atoms with van der Waals surface area (Å²) in [6.07, 6.45) is 1.24. The molecular weight excluding hydrogens is 292 g/mol. The number of methoxy groups -OCH3 is 1. The molecule has 23 heavy (non-hydrogen) atoms. The van der Waals surface area contributed by atoms with Gasteiger partial charge < -0.3 is 14.2 Å². The van der Waals surface area contributed by atoms with Crippen molar-refractivity contribution in [3.63, 3.8) is 0 Å². The third kappa shape index (κ3) is 3.90. The van der Waals surface area contributed by atoms with E-state index in [9.17, 15) is 4.79 Å². The second-order valence-corrected chi connectivity index (χ2v) is 5.55. The minimum Gasteiger partial charge on any atom is -0.493 e. The van der Waals surface area contributed by atoms with Crippen LogP contribution in [0.2, 0.25) is 0 Å². The highest BCUT2D eigenvalue weighted by Crippen LogP contribution is 2.30. The Morgan fingerprint density at radius 1 is 1.17 bits per heavy atom. The molecule has 0 bridgehead atoms. The average molecular weight is 312 g/mol. The highest BCUT2D eigenvalue weighted by atomic mass is 16.6. The maximum Gasteiger partial charge on any atom is 0.167 e. The number of hydrogen-bond acceptors (Lipinski definition) is 4. The minimum absolute atomic E-state index is 0.0170. The van der Waals surface area contributed by atoms with Crippen LogP contribution in [0.1, 0.15) is 22.3 Å². The summed E-state index contributed by atoms with van der Waals surface area (Å²) in [5.41, 5.74) is 1.63. The van der Waals surface area contributed by atoms with E-state index in [1.807, 2.05) is 30.3 Å². The van der Waals surface area contributed by atoms with Gasteiger partial charge in [0, 0.05) is 18.4 Å². The van der Waals surface area contributed by atoms with Crippen molar-refractivity contribution in [2.24, 2.45) is 0 Å². The molecule has 1 aliphatic heterocycles. The summed E-state index contributed by atoms with van der Waals surface area (Å²) in [4.78, 5) is 12.5. The zero-order valence-corrected chi connectivity index (χ0v) is 13.2. The molecule has 1 atom stereocenters. The lowest BCUT2D eigenvalue weighted by molar-refractivity contribution is 0.0991. The second kappa shape index (κ2) is 7.29. The summed E-state index contributed by atoms with van der Waals surface area (Å²) in [7, 11) is 1.60. The van der Waals surface area contributed by atoms with E-state index in [0.717, 1.165) is 12.0 Å². The smallest absolute Gasteiger partial charge is 0.167 e. The van der Waals surface area contributed by atoms with E-state index in [-0.39, 0.29) is 11.9 Å². The lowest BCUT2D eigenvalue weighted by atomic mass is 10.0. The first-order chi connectivity index (χ1) is 11.3. The van der Waals surface area contributed by atoms with Crippen LogP contribution in [0.25, 0.3) is 0 Å². The van der Waals surface area contributed by atoms with Gasteiger partial charge in [-0.3, -0.25) is 4.79 Å². The molecule has 0 aliphatic carbocycles. The Balaban J connectivity index is 1.77. The summed E-state index contributed by atoms with van der Waals surface area (Å²) >= 11 is 0. The molecule has 4 nitrogen and oxygen atoms in total. The van der Waals surface area contributed by atoms with Gasteiger partial charge >= 0.3 is 0 Å². The number of carbonyl (C=O) groups is 1. The van der Waals surface area contributed by atoms with Gasteiger partial charge in [-0.1, -0.05) is 30.3 Å². The predicted molar refractivity (Wildman–Crippen MR) is 87.3 cm³/mol. The van der Waals surface area contributed by atoms with Gasteiger partial charge in [0.2, 0.25) is 0 Å². The van der Waals surface area contributed by atoms with Crippen molar-refractivity contribution in [1.82, 2.24) is 0 Å². The topological polar surface area (TPSA) is 44.8 Å². The molecule has 0 aromatic heterocycles. The number of Topliss-reactive ketones (excluding diaryl/α,β-unsaturated/α-hetero) is 1. The molecule has 3 rings (SSSR count). The molecule has 4 heteroatoms. The second-order valence-electron chi connectivity index (χ2n) is 5.55. The Kier molecular flexibility index (Phi) is 4.93. The first kappa shape index (κ1) is 15.6. The van der Waals surface area contributed by atoms with Crippen molar-refractivity contribution < 1.29 is 19.0 Å². The van der Waals surface area contributed by atoms with Crippen LogP contribution in [-0.2, 0) is 11.2 Å². The zero-order valence-electron chi connectivity index (χ0n) is 13.2. The molecule has 120 valence electrons. The van der Waals surface area contributed by atoms with Gasteiger partial charge in [0.05, 0.1) is 20.3 Å². The van der Waals surface area contributed by atoms with Gasteiger partial charge in [0.25, 0.3) is 0 Å². The summed E-state index contributed by atoms with van der Waals surface area (Å²) < 4.78 is 16.6. The fourth-order valence-corrected chi connectivity index (χ4v) is 2.61. The lowest BCUT2D eigenvalue weighted by Crippen LogP contribution is -2.16. The number of ether oxygens (including phenoxy) is 3. The first-order valence-electron chi connectivity index (χ1n) is 7.76. The standard InChI is InChI=1S/C19H20O4/c1-21-18-8-7-15(12-19(18)23-16-9-10-22-13-16)17(20)11-14-5-3-2-4-6-14/h2-8,12,16H,9-11,13H2,1H3. The quantitative estimate of drug-likeness (QED) is 0.768. The summed E-state index contributed by atoms with van der Waals surface area (Å²) in [6.45, 7) is 1.28. The average Bonchev–Trinajstić information content (AvgIpc) is 3.09. The van der Waals surface area contributed by atoms with Gasteiger partial charge in [0.1, 0.15) is 6.10 Å². The summed E-state index contributed by atoms with van der Waals surface area (Å²) in [5.74, 6) is 1.29. The van der Waals surface area contributed by atoms with E-state index in [0.29, 0.717) is 36.7 Å². The largest absolute Gasteiger partial charge is 0.493 e. The maximum atomic E-state index is 12.5. The van der Waals surface area contributed by atoms with Crippen LogP contribution in [0.5, 0.6) is 11.5 Å². The molecule has 2 aromatic rings. The lowest BCUT2D eigenvalue weighted by Gasteiger charge is -2.15. The van der Waals surface area contributed by atoms with Crippen LogP contribution in [-0.4, -0.2) is 32.2 Å². The molecular formula is C19H20O4. The van der Waals surface area contributed by atoms with Gasteiger partial charge in [-0.2, -0.15) is 0 Å². The normalized spacial score (nSPS) is 17.0. The van der Waals surface area contributed by atoms with Crippen molar-refractivity contribution in [3.8, 4) is 11.5 Å². The molecule has 1 unspecified atom stereocenters. The number of carbonyl (C=O) groups excluding carboxylic acids is 1. The number of rotatable bonds is 6. The molecule has 0 saturated carbocycles. The Morgan fingerprint density at radius 2 is 2.00 bits per heavy atom. The molecule has 1 fully saturated rings. The van der Waals surface area contributed by atoms with E-state index in [1.54, 1.807) is 25.3 Å². The van der Waals surface area contributed by atoms with Crippen LogP contribution >= 0.6 is 0 Å². The highest BCUT2D eigenvalue weighted by Gasteiger charge is 2.20. The van der Waals surface area contributed by atoms with Gasteiger partial charge in [-0.15, -0.1) is 0 Å². The Hall–Kier alpha value is -2.33. The number of hydrogen-bond donors (Lipinski definition) is 0. The molecule has 0 N–H and O–H groups in total. The van der Waals surface area contributed by atoms with Gasteiger partial charge in [-0.05, 0) is 23.8 Å². The van der Waals surface area contributed by atoms with Crippen molar-refractivity contribution in [1.29, 1.82) is 0 Å². The number of ketones is 1. The van der Waals surface area contributed by atoms with Crippen LogP contribution in [0.15, 0.2) is 48.5 Å². The van der Waals surface area contributed by atoms with Crippen LogP contribution in [0, 0.1) is 0 Å². The third-order valence-electron chi connectivity index (χ3n) is 3.87. The molecule has 1 heterocycles. The van der Waals surface area contributed by atoms with E-state index >= 15 is 0 Å². The minimum atomic E-state index is 0.0170. The molecule has 0 spiro atoms. The first-order valence-corrected chi connectivity index (χ1v) is 7.76. The fraction of sp³-hybridized carbons (Fsp3) is 0.316. The number of benzene rings is 2. The predicted octanol–water partition coefficient (Wildman–Crippen LogP) is 3.29. The molecule has 1 saturated heterocycles. The third-order valence-corrected chi connectivity index (χ3v) is 3.87. The fourth-order valence-electron chi connectivity index (χ4n) is 2.61. The highest BCUT2D eigenvalue weighted by molar-refractivity contribution is 5.98. The van der Waals surface area contributed by atoms with Crippen molar-refractivity contribution in [2.45, 2.75) is 18.9 Å². The molecule has 0 radical (unpaired) electrons. The molecule has 0 amide bonds. The van der Waals surface area contributed by atoms with Crippen LogP contribution in [0.3, 0.4) is 0 Å². The van der Waals surface area contributed by atoms with Crippen LogP contribution in [0.4, 0.5) is 0 Å². The summed E-state index contributed by atoms with van der Waals surface area (Å²) in [6, 6.07) is 15.0. The van der Waals surface area contributed by atoms with Gasteiger partial charge in [-0.25, -0.2) is 0 Å². The van der Waals surface area contributed by atoms with E-state index in [2.05, 4.69) is 0 Å². The van der Waals surface area contributed by atoms with Gasteiger partial charge in [0.15, 0.2) is 17.3 Å². The monoisotopic (exact) mass is 312 g/mol. The van der Waals surface area contributed by atoms with Crippen LogP contribution < -0.4 is 9.47 Å². The summed E-state index contributed by atoms with van der Waals surface area (Å²) in [5, 5.41) is 0. The SMILES string of the molecule is COc1ccc(C(=O)Cc2ccccc2)cc1OC1CCOC1. The zero-order chi connectivity index (χ0) is 16.1. The molecule has 2 aromatic carbocycles. The van der Waals surface area contributed by atoms with Crippen molar-refractivity contribution >= 4 is 5.78 Å². The van der Waals surface area contributed by atoms with E-state index < -0.39 is 0 Å². The van der Waals surface area contributed by atoms with Crippen molar-refractivity contribution in [2.75, 3.05) is 20.3 Å². The van der Waals surface area contributed by atoms with E-state index in [1.165, 1.54) is 0 Å². The maximum absolute atomic E-state index is 12.5. The molecule has 1 aliphatic rings.